The molecule has 0 fully saturated rings. The molecule has 1 aliphatic rings. The van der Waals surface area contributed by atoms with Crippen molar-refractivity contribution < 1.29 is 13.2 Å². The highest BCUT2D eigenvalue weighted by Gasteiger charge is 2.22. The molecule has 5 nitrogen and oxygen atoms in total. The smallest absolute Gasteiger partial charge is 0.263 e. The maximum absolute atomic E-state index is 13.0. The van der Waals surface area contributed by atoms with Crippen molar-refractivity contribution in [2.75, 3.05) is 4.72 Å². The van der Waals surface area contributed by atoms with Crippen LogP contribution in [0.1, 0.15) is 64.0 Å². The monoisotopic (exact) mass is 496 g/mol. The first-order chi connectivity index (χ1) is 16.1. The van der Waals surface area contributed by atoms with Gasteiger partial charge in [0.25, 0.3) is 15.9 Å². The number of rotatable bonds is 6. The van der Waals surface area contributed by atoms with E-state index in [-0.39, 0.29) is 27.4 Å². The van der Waals surface area contributed by atoms with Gasteiger partial charge in [-0.05, 0) is 105 Å². The van der Waals surface area contributed by atoms with E-state index in [1.165, 1.54) is 42.2 Å². The van der Waals surface area contributed by atoms with Crippen molar-refractivity contribution in [2.45, 2.75) is 57.4 Å². The molecule has 1 amide bonds. The number of hydrogen-bond acceptors (Lipinski definition) is 3. The zero-order valence-corrected chi connectivity index (χ0v) is 21.2. The molecule has 0 saturated carbocycles. The molecule has 7 heteroatoms. The Bertz CT molecular complexity index is 1350. The van der Waals surface area contributed by atoms with Gasteiger partial charge in [0, 0.05) is 11.3 Å². The van der Waals surface area contributed by atoms with Crippen LogP contribution in [-0.4, -0.2) is 14.3 Å². The van der Waals surface area contributed by atoms with Gasteiger partial charge in [-0.3, -0.25) is 9.52 Å². The van der Waals surface area contributed by atoms with Gasteiger partial charge in [-0.1, -0.05) is 35.9 Å². The number of benzene rings is 3. The Morgan fingerprint density at radius 3 is 2.38 bits per heavy atom. The van der Waals surface area contributed by atoms with Gasteiger partial charge in [-0.2, -0.15) is 0 Å². The van der Waals surface area contributed by atoms with Crippen LogP contribution in [0.25, 0.3) is 0 Å². The van der Waals surface area contributed by atoms with Gasteiger partial charge in [-0.25, -0.2) is 8.42 Å². The summed E-state index contributed by atoms with van der Waals surface area (Å²) in [5.41, 5.74) is 6.47. The van der Waals surface area contributed by atoms with Crippen LogP contribution in [0.2, 0.25) is 5.02 Å². The van der Waals surface area contributed by atoms with E-state index in [1.54, 1.807) is 12.1 Å². The maximum atomic E-state index is 13.0. The molecule has 4 rings (SSSR count). The Hall–Kier alpha value is -2.83. The molecule has 178 valence electrons. The van der Waals surface area contributed by atoms with E-state index >= 15 is 0 Å². The van der Waals surface area contributed by atoms with Gasteiger partial charge in [0.15, 0.2) is 0 Å². The van der Waals surface area contributed by atoms with Crippen LogP contribution in [0.15, 0.2) is 59.5 Å². The summed E-state index contributed by atoms with van der Waals surface area (Å²) in [6.45, 7) is 5.80. The molecule has 1 aliphatic carbocycles. The second-order valence-corrected chi connectivity index (χ2v) is 11.0. The largest absolute Gasteiger partial charge is 0.346 e. The molecular formula is C27H29ClN2O3S. The SMILES string of the molecule is Cc1ccc(NS(=O)(=O)c2cc(C(=O)N[C@@H](C)c3ccc4c(c3)CCCC4)ccc2Cl)cc1C. The average molecular weight is 497 g/mol. The van der Waals surface area contributed by atoms with Gasteiger partial charge < -0.3 is 5.32 Å². The van der Waals surface area contributed by atoms with Crippen LogP contribution >= 0.6 is 11.6 Å². The fourth-order valence-electron chi connectivity index (χ4n) is 4.25. The predicted octanol–water partition coefficient (Wildman–Crippen LogP) is 6.13. The summed E-state index contributed by atoms with van der Waals surface area (Å²) in [6, 6.07) is 15.8. The highest BCUT2D eigenvalue weighted by molar-refractivity contribution is 7.92. The Balaban J connectivity index is 1.53. The first-order valence-corrected chi connectivity index (χ1v) is 13.3. The molecule has 0 bridgehead atoms. The molecule has 0 unspecified atom stereocenters. The summed E-state index contributed by atoms with van der Waals surface area (Å²) < 4.78 is 28.7. The van der Waals surface area contributed by atoms with E-state index in [4.69, 9.17) is 11.6 Å². The Morgan fingerprint density at radius 1 is 0.912 bits per heavy atom. The van der Waals surface area contributed by atoms with Gasteiger partial charge in [-0.15, -0.1) is 0 Å². The van der Waals surface area contributed by atoms with E-state index in [9.17, 15) is 13.2 Å². The minimum atomic E-state index is -3.98. The number of amides is 1. The average Bonchev–Trinajstić information content (AvgIpc) is 2.81. The lowest BCUT2D eigenvalue weighted by molar-refractivity contribution is 0.0939. The molecule has 34 heavy (non-hydrogen) atoms. The standard InChI is InChI=1S/C27H29ClN2O3S/c1-17-8-12-24(14-18(17)2)30-34(32,33)26-16-23(11-13-25(26)28)27(31)29-19(3)21-10-9-20-6-4-5-7-22(20)15-21/h8-16,19,30H,4-7H2,1-3H3,(H,29,31)/t19-/m0/s1. The number of fused-ring (bicyclic) bond motifs is 1. The summed E-state index contributed by atoms with van der Waals surface area (Å²) in [4.78, 5) is 12.8. The van der Waals surface area contributed by atoms with Gasteiger partial charge in [0.2, 0.25) is 0 Å². The number of hydrogen-bond donors (Lipinski definition) is 2. The number of halogens is 1. The molecule has 0 aromatic heterocycles. The lowest BCUT2D eigenvalue weighted by atomic mass is 9.89. The molecule has 0 radical (unpaired) electrons. The van der Waals surface area contributed by atoms with Crippen molar-refractivity contribution in [1.82, 2.24) is 5.32 Å². The van der Waals surface area contributed by atoms with Crippen molar-refractivity contribution in [2.24, 2.45) is 0 Å². The Labute approximate surface area is 206 Å². The number of sulfonamides is 1. The summed E-state index contributed by atoms with van der Waals surface area (Å²) in [6.07, 6.45) is 4.58. The highest BCUT2D eigenvalue weighted by atomic mass is 35.5. The van der Waals surface area contributed by atoms with Crippen molar-refractivity contribution in [3.05, 3.63) is 93.0 Å². The lowest BCUT2D eigenvalue weighted by Gasteiger charge is -2.20. The molecule has 2 N–H and O–H groups in total. The highest BCUT2D eigenvalue weighted by Crippen LogP contribution is 2.27. The number of carbonyl (C=O) groups is 1. The van der Waals surface area contributed by atoms with E-state index < -0.39 is 10.0 Å². The van der Waals surface area contributed by atoms with Gasteiger partial charge >= 0.3 is 0 Å². The van der Waals surface area contributed by atoms with Crippen LogP contribution in [-0.2, 0) is 22.9 Å². The van der Waals surface area contributed by atoms with Crippen LogP contribution in [0.4, 0.5) is 5.69 Å². The summed E-state index contributed by atoms with van der Waals surface area (Å²) in [5, 5.41) is 3.04. The summed E-state index contributed by atoms with van der Waals surface area (Å²) in [7, 11) is -3.98. The van der Waals surface area contributed by atoms with E-state index in [2.05, 4.69) is 28.2 Å². The second-order valence-electron chi connectivity index (χ2n) is 8.98. The molecule has 3 aromatic carbocycles. The van der Waals surface area contributed by atoms with Crippen LogP contribution < -0.4 is 10.0 Å². The third-order valence-corrected chi connectivity index (χ3v) is 8.33. The van der Waals surface area contributed by atoms with Crippen LogP contribution in [0, 0.1) is 13.8 Å². The first kappa shape index (κ1) is 24.3. The minimum Gasteiger partial charge on any atom is -0.346 e. The topological polar surface area (TPSA) is 75.3 Å². The summed E-state index contributed by atoms with van der Waals surface area (Å²) >= 11 is 6.23. The number of nitrogens with one attached hydrogen (secondary N) is 2. The quantitative estimate of drug-likeness (QED) is 0.431. The molecule has 3 aromatic rings. The van der Waals surface area contributed by atoms with Crippen LogP contribution in [0.5, 0.6) is 0 Å². The molecule has 0 spiro atoms. The summed E-state index contributed by atoms with van der Waals surface area (Å²) in [5.74, 6) is -0.357. The minimum absolute atomic E-state index is 0.0515. The van der Waals surface area contributed by atoms with Crippen LogP contribution in [0.3, 0.4) is 0 Å². The number of aryl methyl sites for hydroxylation is 4. The molecular weight excluding hydrogens is 468 g/mol. The Kier molecular flexibility index (Phi) is 7.01. The van der Waals surface area contributed by atoms with Gasteiger partial charge in [0.05, 0.1) is 11.1 Å². The fraction of sp³-hybridized carbons (Fsp3) is 0.296. The van der Waals surface area contributed by atoms with Crippen molar-refractivity contribution >= 4 is 33.2 Å². The Morgan fingerprint density at radius 2 is 1.65 bits per heavy atom. The third kappa shape index (κ3) is 5.29. The normalized spacial score (nSPS) is 14.2. The zero-order chi connectivity index (χ0) is 24.5. The maximum Gasteiger partial charge on any atom is 0.263 e. The number of anilines is 1. The van der Waals surface area contributed by atoms with Crippen molar-refractivity contribution in [3.8, 4) is 0 Å². The first-order valence-electron chi connectivity index (χ1n) is 11.5. The second kappa shape index (κ2) is 9.80. The predicted molar refractivity (Wildman–Crippen MR) is 137 cm³/mol. The lowest BCUT2D eigenvalue weighted by Crippen LogP contribution is -2.27. The van der Waals surface area contributed by atoms with Crippen molar-refractivity contribution in [1.29, 1.82) is 0 Å². The fourth-order valence-corrected chi connectivity index (χ4v) is 5.83. The molecule has 1 atom stereocenters. The van der Waals surface area contributed by atoms with E-state index in [0.29, 0.717) is 5.69 Å². The molecule has 0 heterocycles. The van der Waals surface area contributed by atoms with E-state index in [0.717, 1.165) is 29.5 Å². The van der Waals surface area contributed by atoms with Crippen molar-refractivity contribution in [3.63, 3.8) is 0 Å². The number of carbonyl (C=O) groups excluding carboxylic acids is 1. The van der Waals surface area contributed by atoms with Gasteiger partial charge in [0.1, 0.15) is 4.90 Å². The van der Waals surface area contributed by atoms with E-state index in [1.807, 2.05) is 26.8 Å². The third-order valence-electron chi connectivity index (χ3n) is 6.46. The molecule has 0 saturated heterocycles. The zero-order valence-electron chi connectivity index (χ0n) is 19.6. The molecule has 0 aliphatic heterocycles.